The van der Waals surface area contributed by atoms with Crippen LogP contribution in [0, 0.1) is 17.3 Å². The van der Waals surface area contributed by atoms with E-state index in [1.165, 1.54) is 13.5 Å². The highest BCUT2D eigenvalue weighted by Crippen LogP contribution is 2.45. The van der Waals surface area contributed by atoms with E-state index in [9.17, 15) is 14.7 Å². The zero-order chi connectivity index (χ0) is 19.0. The van der Waals surface area contributed by atoms with E-state index in [1.807, 2.05) is 0 Å². The van der Waals surface area contributed by atoms with Gasteiger partial charge in [0.05, 0.1) is 13.2 Å². The molecule has 4 heteroatoms. The molecule has 2 rings (SSSR count). The number of ether oxygens (including phenoxy) is 1. The summed E-state index contributed by atoms with van der Waals surface area (Å²) in [5, 5.41) is 10.4. The zero-order valence-electron chi connectivity index (χ0n) is 16.3. The molecule has 0 amide bonds. The summed E-state index contributed by atoms with van der Waals surface area (Å²) in [5.74, 6) is 0.388. The van der Waals surface area contributed by atoms with Gasteiger partial charge in [0.15, 0.2) is 5.78 Å². The standard InChI is InChI=1S/C22H34O4/c1-22(15-8-16-22)20(24)11-7-9-17-13-14-19(23)18(17)10-5-3-4-6-12-21(25)26-2/h3,5,13-14,17-18,20,24H,4,6-12,15-16H2,1-2H3/b5-3-/t17-,18+,20?/m0/s1. The number of rotatable bonds is 11. The lowest BCUT2D eigenvalue weighted by molar-refractivity contribution is -0.140. The largest absolute Gasteiger partial charge is 0.469 e. The molecule has 0 aromatic heterocycles. The molecule has 1 unspecified atom stereocenters. The number of aliphatic hydroxyl groups is 1. The molecule has 1 saturated carbocycles. The van der Waals surface area contributed by atoms with Crippen molar-refractivity contribution in [1.82, 2.24) is 0 Å². The number of unbranched alkanes of at least 4 members (excludes halogenated alkanes) is 1. The highest BCUT2D eigenvalue weighted by molar-refractivity contribution is 5.94. The summed E-state index contributed by atoms with van der Waals surface area (Å²) >= 11 is 0. The van der Waals surface area contributed by atoms with Gasteiger partial charge in [0.1, 0.15) is 0 Å². The van der Waals surface area contributed by atoms with Gasteiger partial charge in [0.2, 0.25) is 0 Å². The normalized spacial score (nSPS) is 25.4. The van der Waals surface area contributed by atoms with Crippen LogP contribution in [-0.2, 0) is 14.3 Å². The van der Waals surface area contributed by atoms with Gasteiger partial charge in [0.25, 0.3) is 0 Å². The Morgan fingerprint density at radius 1 is 1.38 bits per heavy atom. The van der Waals surface area contributed by atoms with Gasteiger partial charge in [-0.05, 0) is 62.4 Å². The van der Waals surface area contributed by atoms with Crippen LogP contribution in [0.5, 0.6) is 0 Å². The first-order chi connectivity index (χ1) is 12.5. The number of allylic oxidation sites excluding steroid dienone is 4. The minimum absolute atomic E-state index is 0.0447. The molecule has 0 aromatic carbocycles. The van der Waals surface area contributed by atoms with Crippen molar-refractivity contribution >= 4 is 11.8 Å². The second-order valence-electron chi connectivity index (χ2n) is 8.16. The molecule has 0 saturated heterocycles. The Morgan fingerprint density at radius 3 is 2.81 bits per heavy atom. The fraction of sp³-hybridized carbons (Fsp3) is 0.727. The lowest BCUT2D eigenvalue weighted by atomic mass is 9.65. The molecule has 0 heterocycles. The zero-order valence-corrected chi connectivity index (χ0v) is 16.3. The minimum Gasteiger partial charge on any atom is -0.469 e. The molecule has 1 N–H and O–H groups in total. The van der Waals surface area contributed by atoms with Crippen LogP contribution in [-0.4, -0.2) is 30.1 Å². The van der Waals surface area contributed by atoms with Gasteiger partial charge in [-0.2, -0.15) is 0 Å². The molecular weight excluding hydrogens is 328 g/mol. The molecule has 2 aliphatic rings. The number of hydrogen-bond acceptors (Lipinski definition) is 4. The van der Waals surface area contributed by atoms with Gasteiger partial charge in [-0.3, -0.25) is 9.59 Å². The monoisotopic (exact) mass is 362 g/mol. The molecule has 3 atom stereocenters. The number of carbonyl (C=O) groups excluding carboxylic acids is 2. The Kier molecular flexibility index (Phi) is 8.08. The summed E-state index contributed by atoms with van der Waals surface area (Å²) in [4.78, 5) is 23.2. The van der Waals surface area contributed by atoms with Crippen molar-refractivity contribution in [1.29, 1.82) is 0 Å². The van der Waals surface area contributed by atoms with E-state index in [4.69, 9.17) is 0 Å². The van der Waals surface area contributed by atoms with Crippen molar-refractivity contribution in [3.63, 3.8) is 0 Å². The third kappa shape index (κ3) is 5.80. The fourth-order valence-electron chi connectivity index (χ4n) is 4.07. The second kappa shape index (κ2) is 10.1. The van der Waals surface area contributed by atoms with E-state index < -0.39 is 0 Å². The summed E-state index contributed by atoms with van der Waals surface area (Å²) in [7, 11) is 1.41. The number of methoxy groups -OCH3 is 1. The van der Waals surface area contributed by atoms with Gasteiger partial charge in [0, 0.05) is 12.3 Å². The summed E-state index contributed by atoms with van der Waals surface area (Å²) in [6, 6.07) is 0. The van der Waals surface area contributed by atoms with Crippen molar-refractivity contribution in [2.45, 2.75) is 77.2 Å². The molecule has 4 nitrogen and oxygen atoms in total. The highest BCUT2D eigenvalue weighted by Gasteiger charge is 2.38. The van der Waals surface area contributed by atoms with Crippen molar-refractivity contribution in [2.24, 2.45) is 17.3 Å². The van der Waals surface area contributed by atoms with Gasteiger partial charge in [-0.15, -0.1) is 0 Å². The first kappa shape index (κ1) is 20.9. The predicted molar refractivity (Wildman–Crippen MR) is 103 cm³/mol. The van der Waals surface area contributed by atoms with Gasteiger partial charge < -0.3 is 9.84 Å². The van der Waals surface area contributed by atoms with Gasteiger partial charge in [-0.1, -0.05) is 38.0 Å². The van der Waals surface area contributed by atoms with Crippen LogP contribution >= 0.6 is 0 Å². The average Bonchev–Trinajstić information content (AvgIpc) is 2.95. The number of hydrogen-bond donors (Lipinski definition) is 1. The summed E-state index contributed by atoms with van der Waals surface area (Å²) < 4.78 is 4.62. The third-order valence-corrected chi connectivity index (χ3v) is 6.24. The van der Waals surface area contributed by atoms with Crippen molar-refractivity contribution in [3.05, 3.63) is 24.3 Å². The van der Waals surface area contributed by atoms with Crippen LogP contribution in [0.1, 0.15) is 71.1 Å². The van der Waals surface area contributed by atoms with E-state index in [0.29, 0.717) is 12.3 Å². The van der Waals surface area contributed by atoms with E-state index >= 15 is 0 Å². The number of esters is 1. The second-order valence-corrected chi connectivity index (χ2v) is 8.16. The molecule has 0 spiro atoms. The number of ketones is 1. The smallest absolute Gasteiger partial charge is 0.305 e. The molecule has 2 aliphatic carbocycles. The summed E-state index contributed by atoms with van der Waals surface area (Å²) in [6.45, 7) is 2.19. The quantitative estimate of drug-likeness (QED) is 0.337. The molecule has 0 aliphatic heterocycles. The predicted octanol–water partition coefficient (Wildman–Crippen LogP) is 4.37. The molecule has 26 heavy (non-hydrogen) atoms. The highest BCUT2D eigenvalue weighted by atomic mass is 16.5. The lowest BCUT2D eigenvalue weighted by Crippen LogP contribution is -2.38. The molecule has 146 valence electrons. The van der Waals surface area contributed by atoms with Crippen LogP contribution in [0.25, 0.3) is 0 Å². The first-order valence-corrected chi connectivity index (χ1v) is 10.1. The van der Waals surface area contributed by atoms with E-state index in [0.717, 1.165) is 51.4 Å². The van der Waals surface area contributed by atoms with Crippen LogP contribution in [0.2, 0.25) is 0 Å². The van der Waals surface area contributed by atoms with E-state index in [2.05, 4.69) is 29.9 Å². The Labute approximate surface area is 157 Å². The van der Waals surface area contributed by atoms with Crippen molar-refractivity contribution in [3.8, 4) is 0 Å². The number of aliphatic hydroxyl groups excluding tert-OH is 1. The van der Waals surface area contributed by atoms with Crippen molar-refractivity contribution in [2.75, 3.05) is 7.11 Å². The van der Waals surface area contributed by atoms with E-state index in [-0.39, 0.29) is 29.2 Å². The summed E-state index contributed by atoms with van der Waals surface area (Å²) in [5.41, 5.74) is 0.133. The minimum atomic E-state index is -0.203. The molecule has 0 bridgehead atoms. The Balaban J connectivity index is 1.67. The summed E-state index contributed by atoms with van der Waals surface area (Å²) in [6.07, 6.45) is 16.8. The Hall–Kier alpha value is -1.42. The topological polar surface area (TPSA) is 63.6 Å². The fourth-order valence-corrected chi connectivity index (χ4v) is 4.07. The molecule has 1 fully saturated rings. The van der Waals surface area contributed by atoms with Crippen LogP contribution < -0.4 is 0 Å². The maximum atomic E-state index is 12.1. The molecular formula is C22H34O4. The maximum Gasteiger partial charge on any atom is 0.305 e. The first-order valence-electron chi connectivity index (χ1n) is 10.1. The number of carbonyl (C=O) groups is 2. The van der Waals surface area contributed by atoms with Crippen LogP contribution in [0.3, 0.4) is 0 Å². The van der Waals surface area contributed by atoms with Crippen LogP contribution in [0.4, 0.5) is 0 Å². The Morgan fingerprint density at radius 2 is 2.15 bits per heavy atom. The van der Waals surface area contributed by atoms with Crippen LogP contribution in [0.15, 0.2) is 24.3 Å². The average molecular weight is 363 g/mol. The Bertz CT molecular complexity index is 530. The SMILES string of the molecule is COC(=O)CCC/C=C\C[C@H]1C(=O)C=C[C@@H]1CCCC(O)C1(C)CCC1. The lowest BCUT2D eigenvalue weighted by Gasteiger charge is -2.42. The van der Waals surface area contributed by atoms with Gasteiger partial charge in [-0.25, -0.2) is 0 Å². The molecule has 0 aromatic rings. The van der Waals surface area contributed by atoms with E-state index in [1.54, 1.807) is 6.08 Å². The van der Waals surface area contributed by atoms with Gasteiger partial charge >= 0.3 is 5.97 Å². The third-order valence-electron chi connectivity index (χ3n) is 6.24. The molecule has 0 radical (unpaired) electrons. The maximum absolute atomic E-state index is 12.1. The van der Waals surface area contributed by atoms with Crippen molar-refractivity contribution < 1.29 is 19.4 Å².